The van der Waals surface area contributed by atoms with Crippen LogP contribution in [0, 0.1) is 0 Å². The summed E-state index contributed by atoms with van der Waals surface area (Å²) in [6.45, 7) is 0.247. The molecule has 0 unspecified atom stereocenters. The molecular formula is C12H15N5O2. The monoisotopic (exact) mass is 261 g/mol. The maximum absolute atomic E-state index is 11.6. The molecule has 2 aromatic rings. The van der Waals surface area contributed by atoms with Crippen molar-refractivity contribution in [3.8, 4) is 5.75 Å². The number of carbonyl (C=O) groups is 1. The Hall–Kier alpha value is -2.57. The molecule has 7 heteroatoms. The second-order valence-electron chi connectivity index (χ2n) is 4.00. The minimum absolute atomic E-state index is 0.0682. The third-order valence-electron chi connectivity index (χ3n) is 2.48. The van der Waals surface area contributed by atoms with Gasteiger partial charge in [0.05, 0.1) is 6.54 Å². The van der Waals surface area contributed by atoms with Crippen molar-refractivity contribution in [1.29, 1.82) is 0 Å². The van der Waals surface area contributed by atoms with Gasteiger partial charge in [0.15, 0.2) is 12.4 Å². The van der Waals surface area contributed by atoms with Gasteiger partial charge in [-0.15, -0.1) is 10.2 Å². The van der Waals surface area contributed by atoms with Gasteiger partial charge in [0.25, 0.3) is 5.91 Å². The molecular weight excluding hydrogens is 246 g/mol. The minimum Gasteiger partial charge on any atom is -0.484 e. The summed E-state index contributed by atoms with van der Waals surface area (Å²) in [5.41, 5.74) is 6.20. The highest BCUT2D eigenvalue weighted by molar-refractivity contribution is 5.77. The van der Waals surface area contributed by atoms with Gasteiger partial charge >= 0.3 is 0 Å². The molecule has 1 amide bonds. The van der Waals surface area contributed by atoms with Crippen molar-refractivity contribution >= 4 is 11.6 Å². The number of nitrogens with two attached hydrogens (primary N) is 1. The number of nitrogens with one attached hydrogen (secondary N) is 1. The quantitative estimate of drug-likeness (QED) is 0.744. The predicted molar refractivity (Wildman–Crippen MR) is 69.2 cm³/mol. The summed E-state index contributed by atoms with van der Waals surface area (Å²) in [5, 5.41) is 10.3. The highest BCUT2D eigenvalue weighted by atomic mass is 16.5. The van der Waals surface area contributed by atoms with Gasteiger partial charge in [-0.2, -0.15) is 0 Å². The normalized spacial score (nSPS) is 10.2. The molecule has 0 radical (unpaired) electrons. The van der Waals surface area contributed by atoms with Crippen LogP contribution in [0.1, 0.15) is 5.82 Å². The number of rotatable bonds is 5. The Morgan fingerprint density at radius 1 is 1.53 bits per heavy atom. The first-order valence-corrected chi connectivity index (χ1v) is 5.73. The summed E-state index contributed by atoms with van der Waals surface area (Å²) in [5.74, 6) is 1.01. The van der Waals surface area contributed by atoms with Crippen LogP contribution in [0.15, 0.2) is 30.6 Å². The lowest BCUT2D eigenvalue weighted by Crippen LogP contribution is -2.29. The van der Waals surface area contributed by atoms with Crippen molar-refractivity contribution in [3.63, 3.8) is 0 Å². The first-order valence-electron chi connectivity index (χ1n) is 5.73. The van der Waals surface area contributed by atoms with Crippen LogP contribution in [-0.2, 0) is 18.4 Å². The molecule has 1 aromatic carbocycles. The largest absolute Gasteiger partial charge is 0.484 e. The average Bonchev–Trinajstić information content (AvgIpc) is 2.80. The molecule has 2 rings (SSSR count). The number of anilines is 1. The zero-order valence-corrected chi connectivity index (χ0v) is 10.5. The molecule has 0 aliphatic rings. The number of aromatic nitrogens is 3. The third-order valence-corrected chi connectivity index (χ3v) is 2.48. The van der Waals surface area contributed by atoms with E-state index in [1.54, 1.807) is 35.2 Å². The van der Waals surface area contributed by atoms with Gasteiger partial charge in [-0.3, -0.25) is 4.79 Å². The Morgan fingerprint density at radius 3 is 3.05 bits per heavy atom. The van der Waals surface area contributed by atoms with Gasteiger partial charge in [-0.25, -0.2) is 0 Å². The van der Waals surface area contributed by atoms with E-state index in [9.17, 15) is 4.79 Å². The number of nitrogen functional groups attached to an aromatic ring is 1. The van der Waals surface area contributed by atoms with Crippen LogP contribution in [0.25, 0.3) is 0 Å². The molecule has 3 N–H and O–H groups in total. The molecule has 7 nitrogen and oxygen atoms in total. The van der Waals surface area contributed by atoms with Crippen LogP contribution >= 0.6 is 0 Å². The topological polar surface area (TPSA) is 95.1 Å². The standard InChI is InChI=1S/C12H15N5O2/c1-17-8-15-16-11(17)6-14-12(18)7-19-10-4-2-3-9(13)5-10/h2-5,8H,6-7,13H2,1H3,(H,14,18). The van der Waals surface area contributed by atoms with Crippen molar-refractivity contribution in [2.75, 3.05) is 12.3 Å². The second-order valence-corrected chi connectivity index (χ2v) is 4.00. The Kier molecular flexibility index (Phi) is 3.97. The van der Waals surface area contributed by atoms with Crippen LogP contribution < -0.4 is 15.8 Å². The third kappa shape index (κ3) is 3.70. The molecule has 0 fully saturated rings. The molecule has 1 aromatic heterocycles. The summed E-state index contributed by atoms with van der Waals surface area (Å²) in [6, 6.07) is 6.92. The van der Waals surface area contributed by atoms with E-state index >= 15 is 0 Å². The zero-order valence-electron chi connectivity index (χ0n) is 10.5. The highest BCUT2D eigenvalue weighted by Crippen LogP contribution is 2.13. The fraction of sp³-hybridized carbons (Fsp3) is 0.250. The molecule has 19 heavy (non-hydrogen) atoms. The van der Waals surface area contributed by atoms with E-state index in [-0.39, 0.29) is 12.5 Å². The first-order chi connectivity index (χ1) is 9.15. The molecule has 1 heterocycles. The molecule has 0 aliphatic heterocycles. The van der Waals surface area contributed by atoms with Gasteiger partial charge in [-0.1, -0.05) is 6.07 Å². The molecule has 100 valence electrons. The van der Waals surface area contributed by atoms with Crippen LogP contribution in [0.2, 0.25) is 0 Å². The van der Waals surface area contributed by atoms with Gasteiger partial charge < -0.3 is 20.4 Å². The van der Waals surface area contributed by atoms with Crippen molar-refractivity contribution in [1.82, 2.24) is 20.1 Å². The highest BCUT2D eigenvalue weighted by Gasteiger charge is 2.05. The van der Waals surface area contributed by atoms with Crippen LogP contribution in [0.3, 0.4) is 0 Å². The molecule has 0 atom stereocenters. The summed E-state index contributed by atoms with van der Waals surface area (Å²) < 4.78 is 7.05. The van der Waals surface area contributed by atoms with Crippen LogP contribution in [0.5, 0.6) is 5.75 Å². The molecule has 0 saturated carbocycles. The van der Waals surface area contributed by atoms with Crippen LogP contribution in [0.4, 0.5) is 5.69 Å². The Morgan fingerprint density at radius 2 is 2.37 bits per heavy atom. The van der Waals surface area contributed by atoms with Gasteiger partial charge in [0.2, 0.25) is 0 Å². The Bertz CT molecular complexity index is 567. The van der Waals surface area contributed by atoms with Crippen molar-refractivity contribution < 1.29 is 9.53 Å². The number of nitrogens with zero attached hydrogens (tertiary/aromatic N) is 3. The van der Waals surface area contributed by atoms with Gasteiger partial charge in [0, 0.05) is 18.8 Å². The number of aryl methyl sites for hydroxylation is 1. The fourth-order valence-electron chi connectivity index (χ4n) is 1.45. The van der Waals surface area contributed by atoms with Crippen molar-refractivity contribution in [3.05, 3.63) is 36.4 Å². The van der Waals surface area contributed by atoms with Gasteiger partial charge in [0.1, 0.15) is 12.1 Å². The summed E-state index contributed by atoms with van der Waals surface area (Å²) in [7, 11) is 1.81. The van der Waals surface area contributed by atoms with E-state index in [1.165, 1.54) is 0 Å². The maximum Gasteiger partial charge on any atom is 0.258 e. The van der Waals surface area contributed by atoms with E-state index in [0.717, 1.165) is 0 Å². The Balaban J connectivity index is 1.77. The van der Waals surface area contributed by atoms with E-state index in [0.29, 0.717) is 23.8 Å². The number of amides is 1. The number of hydrogen-bond donors (Lipinski definition) is 2. The van der Waals surface area contributed by atoms with E-state index in [1.807, 2.05) is 7.05 Å². The zero-order chi connectivity index (χ0) is 13.7. The number of hydrogen-bond acceptors (Lipinski definition) is 5. The SMILES string of the molecule is Cn1cnnc1CNC(=O)COc1cccc(N)c1. The lowest BCUT2D eigenvalue weighted by atomic mass is 10.3. The lowest BCUT2D eigenvalue weighted by molar-refractivity contribution is -0.123. The Labute approximate surface area is 110 Å². The van der Waals surface area contributed by atoms with Gasteiger partial charge in [-0.05, 0) is 12.1 Å². The van der Waals surface area contributed by atoms with E-state index in [4.69, 9.17) is 10.5 Å². The molecule has 0 saturated heterocycles. The van der Waals surface area contributed by atoms with Crippen molar-refractivity contribution in [2.24, 2.45) is 7.05 Å². The van der Waals surface area contributed by atoms with E-state index in [2.05, 4.69) is 15.5 Å². The summed E-state index contributed by atoms with van der Waals surface area (Å²) in [4.78, 5) is 11.6. The maximum atomic E-state index is 11.6. The number of benzene rings is 1. The number of ether oxygens (including phenoxy) is 1. The molecule has 0 spiro atoms. The van der Waals surface area contributed by atoms with Crippen LogP contribution in [-0.4, -0.2) is 27.3 Å². The van der Waals surface area contributed by atoms with Crippen molar-refractivity contribution in [2.45, 2.75) is 6.54 Å². The van der Waals surface area contributed by atoms with E-state index < -0.39 is 0 Å². The lowest BCUT2D eigenvalue weighted by Gasteiger charge is -2.07. The fourth-order valence-corrected chi connectivity index (χ4v) is 1.45. The summed E-state index contributed by atoms with van der Waals surface area (Å²) >= 11 is 0. The first kappa shape index (κ1) is 12.9. The smallest absolute Gasteiger partial charge is 0.258 e. The predicted octanol–water partition coefficient (Wildman–Crippen LogP) is 0.0925. The average molecular weight is 261 g/mol. The molecule has 0 aliphatic carbocycles. The molecule has 0 bridgehead atoms. The minimum atomic E-state index is -0.231. The number of carbonyl (C=O) groups excluding carboxylic acids is 1. The summed E-state index contributed by atoms with van der Waals surface area (Å²) in [6.07, 6.45) is 1.57. The second kappa shape index (κ2) is 5.85.